The Hall–Kier alpha value is -0.450. The predicted molar refractivity (Wildman–Crippen MR) is 69.0 cm³/mol. The number of rotatable bonds is 7. The third kappa shape index (κ3) is 5.05. The van der Waals surface area contributed by atoms with Gasteiger partial charge in [0.1, 0.15) is 0 Å². The molecule has 0 fully saturated rings. The first-order chi connectivity index (χ1) is 7.59. The summed E-state index contributed by atoms with van der Waals surface area (Å²) < 4.78 is 5.44. The third-order valence-corrected chi connectivity index (χ3v) is 3.29. The standard InChI is InChI=1S/C12H22N2OS/c1-9(2)12-14-11(8-16-12)7-13-5-6-15-10(3)4/h8-10,13H,5-7H2,1-4H3. The van der Waals surface area contributed by atoms with E-state index in [-0.39, 0.29) is 0 Å². The molecule has 92 valence electrons. The van der Waals surface area contributed by atoms with Crippen molar-refractivity contribution < 1.29 is 4.74 Å². The van der Waals surface area contributed by atoms with Crippen LogP contribution < -0.4 is 5.32 Å². The van der Waals surface area contributed by atoms with Crippen molar-refractivity contribution in [3.63, 3.8) is 0 Å². The molecule has 0 aliphatic carbocycles. The normalized spacial score (nSPS) is 11.6. The van der Waals surface area contributed by atoms with Gasteiger partial charge in [0, 0.05) is 24.4 Å². The molecule has 0 aliphatic heterocycles. The number of hydrogen-bond acceptors (Lipinski definition) is 4. The average molecular weight is 242 g/mol. The summed E-state index contributed by atoms with van der Waals surface area (Å²) >= 11 is 1.74. The van der Waals surface area contributed by atoms with E-state index in [2.05, 4.69) is 43.4 Å². The molecule has 0 bridgehead atoms. The number of nitrogens with one attached hydrogen (secondary N) is 1. The largest absolute Gasteiger partial charge is 0.377 e. The lowest BCUT2D eigenvalue weighted by Gasteiger charge is -2.07. The van der Waals surface area contributed by atoms with Gasteiger partial charge < -0.3 is 10.1 Å². The van der Waals surface area contributed by atoms with Gasteiger partial charge in [-0.1, -0.05) is 13.8 Å². The molecule has 0 aliphatic rings. The number of nitrogens with zero attached hydrogens (tertiary/aromatic N) is 1. The van der Waals surface area contributed by atoms with E-state index in [1.54, 1.807) is 11.3 Å². The molecule has 1 rings (SSSR count). The van der Waals surface area contributed by atoms with E-state index in [1.807, 2.05) is 0 Å². The van der Waals surface area contributed by atoms with E-state index in [0.29, 0.717) is 12.0 Å². The molecular formula is C12H22N2OS. The summed E-state index contributed by atoms with van der Waals surface area (Å²) in [5.41, 5.74) is 1.14. The Morgan fingerprint density at radius 1 is 1.38 bits per heavy atom. The fraction of sp³-hybridized carbons (Fsp3) is 0.750. The molecule has 0 saturated heterocycles. The van der Waals surface area contributed by atoms with Crippen LogP contribution in [-0.4, -0.2) is 24.2 Å². The summed E-state index contributed by atoms with van der Waals surface area (Å²) in [6.45, 7) is 10.9. The van der Waals surface area contributed by atoms with Crippen molar-refractivity contribution in [3.8, 4) is 0 Å². The van der Waals surface area contributed by atoms with Crippen molar-refractivity contribution in [1.29, 1.82) is 0 Å². The van der Waals surface area contributed by atoms with Crippen molar-refractivity contribution in [2.24, 2.45) is 0 Å². The van der Waals surface area contributed by atoms with Gasteiger partial charge in [-0.05, 0) is 13.8 Å². The quantitative estimate of drug-likeness (QED) is 0.747. The van der Waals surface area contributed by atoms with Crippen molar-refractivity contribution in [2.75, 3.05) is 13.2 Å². The highest BCUT2D eigenvalue weighted by Gasteiger charge is 2.04. The second-order valence-electron chi connectivity index (χ2n) is 4.43. The molecular weight excluding hydrogens is 220 g/mol. The fourth-order valence-electron chi connectivity index (χ4n) is 1.25. The number of thiazole rings is 1. The molecule has 1 aromatic rings. The fourth-order valence-corrected chi connectivity index (χ4v) is 2.09. The Kier molecular flexibility index (Phi) is 5.95. The SMILES string of the molecule is CC(C)OCCNCc1csc(C(C)C)n1. The lowest BCUT2D eigenvalue weighted by atomic mass is 10.2. The van der Waals surface area contributed by atoms with Gasteiger partial charge in [-0.2, -0.15) is 0 Å². The van der Waals surface area contributed by atoms with E-state index < -0.39 is 0 Å². The van der Waals surface area contributed by atoms with Gasteiger partial charge in [0.2, 0.25) is 0 Å². The highest BCUT2D eigenvalue weighted by Crippen LogP contribution is 2.18. The Morgan fingerprint density at radius 3 is 2.69 bits per heavy atom. The maximum absolute atomic E-state index is 5.44. The minimum absolute atomic E-state index is 0.314. The second kappa shape index (κ2) is 6.99. The van der Waals surface area contributed by atoms with Crippen LogP contribution in [-0.2, 0) is 11.3 Å². The van der Waals surface area contributed by atoms with Gasteiger partial charge in [-0.15, -0.1) is 11.3 Å². The first-order valence-corrected chi connectivity index (χ1v) is 6.74. The third-order valence-electron chi connectivity index (χ3n) is 2.10. The zero-order chi connectivity index (χ0) is 12.0. The Morgan fingerprint density at radius 2 is 2.12 bits per heavy atom. The first-order valence-electron chi connectivity index (χ1n) is 5.86. The molecule has 0 unspecified atom stereocenters. The van der Waals surface area contributed by atoms with Crippen molar-refractivity contribution in [1.82, 2.24) is 10.3 Å². The maximum atomic E-state index is 5.44. The molecule has 0 aromatic carbocycles. The molecule has 0 saturated carbocycles. The van der Waals surface area contributed by atoms with E-state index in [1.165, 1.54) is 5.01 Å². The maximum Gasteiger partial charge on any atom is 0.0954 e. The van der Waals surface area contributed by atoms with Gasteiger partial charge in [-0.25, -0.2) is 4.98 Å². The average Bonchev–Trinajstić information content (AvgIpc) is 2.65. The molecule has 1 aromatic heterocycles. The van der Waals surface area contributed by atoms with E-state index in [0.717, 1.165) is 25.4 Å². The number of ether oxygens (including phenoxy) is 1. The van der Waals surface area contributed by atoms with Crippen LogP contribution in [0.15, 0.2) is 5.38 Å². The summed E-state index contributed by atoms with van der Waals surface area (Å²) in [6, 6.07) is 0. The zero-order valence-electron chi connectivity index (χ0n) is 10.6. The molecule has 1 heterocycles. The van der Waals surface area contributed by atoms with Crippen LogP contribution in [0.25, 0.3) is 0 Å². The zero-order valence-corrected chi connectivity index (χ0v) is 11.4. The monoisotopic (exact) mass is 242 g/mol. The number of aromatic nitrogens is 1. The second-order valence-corrected chi connectivity index (χ2v) is 5.32. The lowest BCUT2D eigenvalue weighted by Crippen LogP contribution is -2.21. The first kappa shape index (κ1) is 13.6. The minimum Gasteiger partial charge on any atom is -0.377 e. The molecule has 3 nitrogen and oxygen atoms in total. The van der Waals surface area contributed by atoms with Gasteiger partial charge in [-0.3, -0.25) is 0 Å². The van der Waals surface area contributed by atoms with Crippen molar-refractivity contribution in [2.45, 2.75) is 46.3 Å². The summed E-state index contributed by atoms with van der Waals surface area (Å²) in [7, 11) is 0. The molecule has 4 heteroatoms. The molecule has 1 N–H and O–H groups in total. The van der Waals surface area contributed by atoms with E-state index >= 15 is 0 Å². The smallest absolute Gasteiger partial charge is 0.0954 e. The summed E-state index contributed by atoms with van der Waals surface area (Å²) in [6.07, 6.45) is 0.314. The summed E-state index contributed by atoms with van der Waals surface area (Å²) in [5.74, 6) is 0.531. The van der Waals surface area contributed by atoms with Gasteiger partial charge in [0.05, 0.1) is 23.4 Å². The lowest BCUT2D eigenvalue weighted by molar-refractivity contribution is 0.0807. The predicted octanol–water partition coefficient (Wildman–Crippen LogP) is 2.78. The Bertz CT molecular complexity index is 297. The van der Waals surface area contributed by atoms with Crippen LogP contribution in [0.3, 0.4) is 0 Å². The highest BCUT2D eigenvalue weighted by atomic mass is 32.1. The molecule has 0 atom stereocenters. The van der Waals surface area contributed by atoms with Crippen molar-refractivity contribution >= 4 is 11.3 Å². The van der Waals surface area contributed by atoms with Crippen LogP contribution in [0.1, 0.15) is 44.3 Å². The van der Waals surface area contributed by atoms with Crippen LogP contribution in [0.5, 0.6) is 0 Å². The topological polar surface area (TPSA) is 34.1 Å². The molecule has 0 radical (unpaired) electrons. The molecule has 16 heavy (non-hydrogen) atoms. The summed E-state index contributed by atoms with van der Waals surface area (Å²) in [4.78, 5) is 4.56. The van der Waals surface area contributed by atoms with Crippen LogP contribution in [0.2, 0.25) is 0 Å². The van der Waals surface area contributed by atoms with Gasteiger partial charge in [0.25, 0.3) is 0 Å². The van der Waals surface area contributed by atoms with Crippen LogP contribution >= 0.6 is 11.3 Å². The summed E-state index contributed by atoms with van der Waals surface area (Å²) in [5, 5.41) is 6.68. The number of hydrogen-bond donors (Lipinski definition) is 1. The highest BCUT2D eigenvalue weighted by molar-refractivity contribution is 7.09. The van der Waals surface area contributed by atoms with Crippen LogP contribution in [0, 0.1) is 0 Å². The van der Waals surface area contributed by atoms with Crippen LogP contribution in [0.4, 0.5) is 0 Å². The van der Waals surface area contributed by atoms with Crippen molar-refractivity contribution in [3.05, 3.63) is 16.1 Å². The minimum atomic E-state index is 0.314. The Balaban J connectivity index is 2.17. The molecule has 0 spiro atoms. The van der Waals surface area contributed by atoms with Gasteiger partial charge >= 0.3 is 0 Å². The van der Waals surface area contributed by atoms with E-state index in [4.69, 9.17) is 4.74 Å². The van der Waals surface area contributed by atoms with Gasteiger partial charge in [0.15, 0.2) is 0 Å². The molecule has 0 amide bonds. The van der Waals surface area contributed by atoms with E-state index in [9.17, 15) is 0 Å². The Labute approximate surface area is 102 Å².